The molecule has 3 aromatic rings. The van der Waals surface area contributed by atoms with Crippen LogP contribution < -0.4 is 10.6 Å². The topological polar surface area (TPSA) is 113 Å². The average molecular weight is 499 g/mol. The van der Waals surface area contributed by atoms with Gasteiger partial charge in [0.05, 0.1) is 17.1 Å². The lowest BCUT2D eigenvalue weighted by Gasteiger charge is -2.16. The second-order valence-electron chi connectivity index (χ2n) is 7.57. The summed E-state index contributed by atoms with van der Waals surface area (Å²) in [6.07, 6.45) is -0.262. The summed E-state index contributed by atoms with van der Waals surface area (Å²) in [7, 11) is -3.68. The number of rotatable bonds is 10. The molecule has 0 saturated heterocycles. The molecule has 0 bridgehead atoms. The van der Waals surface area contributed by atoms with Gasteiger partial charge in [0.2, 0.25) is 0 Å². The molecule has 34 heavy (non-hydrogen) atoms. The molecule has 3 aromatic carbocycles. The van der Waals surface area contributed by atoms with Crippen molar-refractivity contribution in [3.05, 3.63) is 84.4 Å². The highest BCUT2D eigenvalue weighted by atomic mass is 32.2. The van der Waals surface area contributed by atoms with Crippen molar-refractivity contribution >= 4 is 39.3 Å². The van der Waals surface area contributed by atoms with E-state index >= 15 is 0 Å². The smallest absolute Gasteiger partial charge is 0.319 e. The summed E-state index contributed by atoms with van der Waals surface area (Å²) in [6, 6.07) is 22.5. The molecule has 0 aliphatic carbocycles. The SMILES string of the molecule is CCNC(=O)Nc1ccc(Sc2ccc(S(=O)(=O)CC(CC(=O)O)c3ccccc3)cc2)cc1. The normalized spacial score (nSPS) is 12.0. The van der Waals surface area contributed by atoms with E-state index in [1.165, 1.54) is 11.8 Å². The number of urea groups is 1. The third kappa shape index (κ3) is 7.36. The van der Waals surface area contributed by atoms with Gasteiger partial charge >= 0.3 is 12.0 Å². The Kier molecular flexibility index (Phi) is 8.72. The van der Waals surface area contributed by atoms with Gasteiger partial charge in [-0.05, 0) is 61.0 Å². The summed E-state index contributed by atoms with van der Waals surface area (Å²) in [5.41, 5.74) is 1.36. The molecule has 3 N–H and O–H groups in total. The Balaban J connectivity index is 1.68. The molecule has 178 valence electrons. The second-order valence-corrected chi connectivity index (χ2v) is 10.8. The van der Waals surface area contributed by atoms with Gasteiger partial charge < -0.3 is 15.7 Å². The van der Waals surface area contributed by atoms with Gasteiger partial charge in [-0.3, -0.25) is 4.79 Å². The van der Waals surface area contributed by atoms with Crippen LogP contribution in [-0.2, 0) is 14.6 Å². The number of hydrogen-bond acceptors (Lipinski definition) is 5. The van der Waals surface area contributed by atoms with E-state index in [2.05, 4.69) is 10.6 Å². The van der Waals surface area contributed by atoms with Crippen LogP contribution in [0.3, 0.4) is 0 Å². The third-order valence-electron chi connectivity index (χ3n) is 4.98. The number of carbonyl (C=O) groups excluding carboxylic acids is 1. The van der Waals surface area contributed by atoms with Gasteiger partial charge in [0.1, 0.15) is 0 Å². The standard InChI is InChI=1S/C25H26N2O5S2/c1-2-26-25(30)27-20-8-10-21(11-9-20)33-22-12-14-23(15-13-22)34(31,32)17-19(16-24(28)29)18-6-4-3-5-7-18/h3-15,19H,2,16-17H2,1H3,(H,28,29)(H2,26,27,30). The van der Waals surface area contributed by atoms with Crippen LogP contribution in [0.1, 0.15) is 24.8 Å². The minimum Gasteiger partial charge on any atom is -0.481 e. The Morgan fingerprint density at radius 3 is 2.06 bits per heavy atom. The molecule has 0 saturated carbocycles. The van der Waals surface area contributed by atoms with E-state index in [0.29, 0.717) is 17.8 Å². The van der Waals surface area contributed by atoms with Crippen LogP contribution in [0.4, 0.5) is 10.5 Å². The zero-order valence-electron chi connectivity index (χ0n) is 18.6. The Morgan fingerprint density at radius 1 is 0.912 bits per heavy atom. The fraction of sp³-hybridized carbons (Fsp3) is 0.200. The lowest BCUT2D eigenvalue weighted by atomic mass is 9.98. The number of carbonyl (C=O) groups is 2. The molecular weight excluding hydrogens is 472 g/mol. The van der Waals surface area contributed by atoms with Crippen molar-refractivity contribution in [2.45, 2.75) is 33.9 Å². The number of nitrogens with one attached hydrogen (secondary N) is 2. The second kappa shape index (κ2) is 11.7. The van der Waals surface area contributed by atoms with Crippen molar-refractivity contribution in [1.29, 1.82) is 0 Å². The number of carboxylic acid groups (broad SMARTS) is 1. The summed E-state index contributed by atoms with van der Waals surface area (Å²) in [4.78, 5) is 24.8. The predicted molar refractivity (Wildman–Crippen MR) is 133 cm³/mol. The monoisotopic (exact) mass is 498 g/mol. The highest BCUT2D eigenvalue weighted by molar-refractivity contribution is 7.99. The summed E-state index contributed by atoms with van der Waals surface area (Å²) < 4.78 is 26.0. The quantitative estimate of drug-likeness (QED) is 0.362. The number of aliphatic carboxylic acids is 1. The summed E-state index contributed by atoms with van der Waals surface area (Å²) in [6.45, 7) is 2.38. The maximum atomic E-state index is 13.0. The fourth-order valence-corrected chi connectivity index (χ4v) is 5.76. The van der Waals surface area contributed by atoms with E-state index < -0.39 is 21.7 Å². The van der Waals surface area contributed by atoms with Crippen molar-refractivity contribution in [3.8, 4) is 0 Å². The van der Waals surface area contributed by atoms with E-state index in [4.69, 9.17) is 0 Å². The van der Waals surface area contributed by atoms with Crippen LogP contribution >= 0.6 is 11.8 Å². The lowest BCUT2D eigenvalue weighted by Crippen LogP contribution is -2.28. The summed E-state index contributed by atoms with van der Waals surface area (Å²) in [5, 5.41) is 14.6. The number of carboxylic acids is 1. The van der Waals surface area contributed by atoms with Gasteiger partial charge in [0.15, 0.2) is 9.84 Å². The van der Waals surface area contributed by atoms with Gasteiger partial charge in [0.25, 0.3) is 0 Å². The van der Waals surface area contributed by atoms with Gasteiger partial charge in [-0.1, -0.05) is 42.1 Å². The van der Waals surface area contributed by atoms with Crippen LogP contribution in [0.15, 0.2) is 93.5 Å². The van der Waals surface area contributed by atoms with Crippen LogP contribution in [-0.4, -0.2) is 37.8 Å². The number of amides is 2. The maximum Gasteiger partial charge on any atom is 0.319 e. The minimum absolute atomic E-state index is 0.157. The fourth-order valence-electron chi connectivity index (χ4n) is 3.36. The Hall–Kier alpha value is -3.30. The van der Waals surface area contributed by atoms with Crippen molar-refractivity contribution in [2.24, 2.45) is 0 Å². The zero-order valence-corrected chi connectivity index (χ0v) is 20.2. The minimum atomic E-state index is -3.68. The van der Waals surface area contributed by atoms with Gasteiger partial charge in [-0.25, -0.2) is 13.2 Å². The lowest BCUT2D eigenvalue weighted by molar-refractivity contribution is -0.137. The molecule has 0 fully saturated rings. The van der Waals surface area contributed by atoms with Crippen molar-refractivity contribution in [3.63, 3.8) is 0 Å². The molecule has 7 nitrogen and oxygen atoms in total. The molecule has 0 spiro atoms. The predicted octanol–water partition coefficient (Wildman–Crippen LogP) is 5.01. The van der Waals surface area contributed by atoms with Gasteiger partial charge in [-0.15, -0.1) is 0 Å². The van der Waals surface area contributed by atoms with E-state index in [1.807, 2.05) is 19.1 Å². The first kappa shape index (κ1) is 25.3. The van der Waals surface area contributed by atoms with Gasteiger partial charge in [-0.2, -0.15) is 0 Å². The zero-order chi connectivity index (χ0) is 24.6. The first-order valence-corrected chi connectivity index (χ1v) is 13.2. The first-order valence-electron chi connectivity index (χ1n) is 10.7. The van der Waals surface area contributed by atoms with Crippen molar-refractivity contribution in [1.82, 2.24) is 5.32 Å². The number of hydrogen-bond donors (Lipinski definition) is 3. The molecule has 2 amide bonds. The number of sulfone groups is 1. The molecule has 1 atom stereocenters. The third-order valence-corrected chi connectivity index (χ3v) is 7.83. The average Bonchev–Trinajstić information content (AvgIpc) is 2.81. The highest BCUT2D eigenvalue weighted by Crippen LogP contribution is 2.30. The van der Waals surface area contributed by atoms with Crippen molar-refractivity contribution < 1.29 is 23.1 Å². The molecule has 9 heteroatoms. The van der Waals surface area contributed by atoms with Crippen LogP contribution in [0, 0.1) is 0 Å². The molecule has 1 unspecified atom stereocenters. The van der Waals surface area contributed by atoms with E-state index in [-0.39, 0.29) is 23.1 Å². The first-order chi connectivity index (χ1) is 16.3. The van der Waals surface area contributed by atoms with Crippen LogP contribution in [0.5, 0.6) is 0 Å². The molecule has 0 aromatic heterocycles. The molecule has 3 rings (SSSR count). The summed E-state index contributed by atoms with van der Waals surface area (Å²) in [5.74, 6) is -1.96. The van der Waals surface area contributed by atoms with E-state index in [0.717, 1.165) is 9.79 Å². The molecule has 0 aliphatic heterocycles. The van der Waals surface area contributed by atoms with Crippen LogP contribution in [0.25, 0.3) is 0 Å². The molecule has 0 radical (unpaired) electrons. The molecule has 0 heterocycles. The Labute approximate surface area is 203 Å². The molecular formula is C25H26N2O5S2. The summed E-state index contributed by atoms with van der Waals surface area (Å²) >= 11 is 1.46. The number of anilines is 1. The largest absolute Gasteiger partial charge is 0.481 e. The van der Waals surface area contributed by atoms with Crippen molar-refractivity contribution in [2.75, 3.05) is 17.6 Å². The molecule has 0 aliphatic rings. The Morgan fingerprint density at radius 2 is 1.50 bits per heavy atom. The van der Waals surface area contributed by atoms with Crippen LogP contribution in [0.2, 0.25) is 0 Å². The van der Waals surface area contributed by atoms with Gasteiger partial charge in [0, 0.05) is 27.9 Å². The van der Waals surface area contributed by atoms with E-state index in [9.17, 15) is 23.1 Å². The maximum absolute atomic E-state index is 13.0. The highest BCUT2D eigenvalue weighted by Gasteiger charge is 2.24. The van der Waals surface area contributed by atoms with E-state index in [1.54, 1.807) is 66.7 Å². The number of benzene rings is 3. The Bertz CT molecular complexity index is 1210.